The fraction of sp³-hybridized carbons (Fsp3) is 0.375. The predicted molar refractivity (Wildman–Crippen MR) is 155 cm³/mol. The molecule has 2 aliphatic heterocycles. The van der Waals surface area contributed by atoms with E-state index in [0.717, 1.165) is 0 Å². The van der Waals surface area contributed by atoms with Gasteiger partial charge in [0, 0.05) is 45.2 Å². The van der Waals surface area contributed by atoms with Crippen molar-refractivity contribution >= 4 is 21.5 Å². The SMILES string of the molecule is COc1cc(OC)c2c(O)c3c(c(-c4c5c(c(O)c6c(OC)cc(OC)cc46)CO[C@@H](C)[C@@H]5O)c2c1)[C@@H](O)[C@H](C)OC3. The molecule has 4 N–H and O–H groups in total. The normalized spacial score (nSPS) is 21.6. The molecule has 4 aromatic carbocycles. The Morgan fingerprint density at radius 1 is 0.619 bits per heavy atom. The highest BCUT2D eigenvalue weighted by Crippen LogP contribution is 2.56. The molecule has 10 nitrogen and oxygen atoms in total. The first kappa shape index (κ1) is 28.2. The molecular formula is C32H34O10. The summed E-state index contributed by atoms with van der Waals surface area (Å²) in [5.74, 6) is 1.45. The van der Waals surface area contributed by atoms with Gasteiger partial charge >= 0.3 is 0 Å². The van der Waals surface area contributed by atoms with Crippen LogP contribution in [0.2, 0.25) is 0 Å². The van der Waals surface area contributed by atoms with E-state index in [-0.39, 0.29) is 24.7 Å². The minimum absolute atomic E-state index is 0.0322. The molecule has 0 bridgehead atoms. The first-order chi connectivity index (χ1) is 20.2. The number of methoxy groups -OCH3 is 4. The van der Waals surface area contributed by atoms with E-state index in [4.69, 9.17) is 28.4 Å². The summed E-state index contributed by atoms with van der Waals surface area (Å²) < 4.78 is 34.4. The van der Waals surface area contributed by atoms with E-state index in [9.17, 15) is 20.4 Å². The van der Waals surface area contributed by atoms with Crippen molar-refractivity contribution in [3.63, 3.8) is 0 Å². The molecule has 0 spiro atoms. The molecule has 0 fully saturated rings. The van der Waals surface area contributed by atoms with Crippen molar-refractivity contribution < 1.29 is 48.8 Å². The number of aliphatic hydroxyl groups excluding tert-OH is 2. The van der Waals surface area contributed by atoms with Gasteiger partial charge in [-0.05, 0) is 37.1 Å². The second-order valence-corrected chi connectivity index (χ2v) is 10.7. The van der Waals surface area contributed by atoms with Crippen LogP contribution in [0.3, 0.4) is 0 Å². The number of fused-ring (bicyclic) bond motifs is 4. The monoisotopic (exact) mass is 578 g/mol. The average Bonchev–Trinajstić information content (AvgIpc) is 3.00. The van der Waals surface area contributed by atoms with Gasteiger partial charge in [0.15, 0.2) is 0 Å². The molecule has 0 saturated carbocycles. The van der Waals surface area contributed by atoms with Gasteiger partial charge in [-0.25, -0.2) is 0 Å². The van der Waals surface area contributed by atoms with Gasteiger partial charge < -0.3 is 48.8 Å². The molecule has 6 rings (SSSR count). The Labute approximate surface area is 242 Å². The largest absolute Gasteiger partial charge is 0.507 e. The van der Waals surface area contributed by atoms with Crippen molar-refractivity contribution in [2.24, 2.45) is 0 Å². The summed E-state index contributed by atoms with van der Waals surface area (Å²) >= 11 is 0. The van der Waals surface area contributed by atoms with Crippen LogP contribution in [-0.2, 0) is 22.7 Å². The summed E-state index contributed by atoms with van der Waals surface area (Å²) in [4.78, 5) is 0. The fourth-order valence-electron chi connectivity index (χ4n) is 6.33. The van der Waals surface area contributed by atoms with Gasteiger partial charge in [0.05, 0.1) is 64.6 Å². The number of hydrogen-bond acceptors (Lipinski definition) is 10. The average molecular weight is 579 g/mol. The second-order valence-electron chi connectivity index (χ2n) is 10.7. The Hall–Kier alpha value is -3.96. The number of phenolic OH excluding ortho intramolecular Hbond substituents is 2. The van der Waals surface area contributed by atoms with E-state index in [2.05, 4.69) is 0 Å². The van der Waals surface area contributed by atoms with Gasteiger partial charge in [-0.3, -0.25) is 0 Å². The maximum absolute atomic E-state index is 11.7. The molecule has 4 atom stereocenters. The van der Waals surface area contributed by atoms with Gasteiger partial charge in [0.25, 0.3) is 0 Å². The lowest BCUT2D eigenvalue weighted by Gasteiger charge is -2.36. The summed E-state index contributed by atoms with van der Waals surface area (Å²) in [6.07, 6.45) is -3.48. The van der Waals surface area contributed by atoms with Gasteiger partial charge in [-0.2, -0.15) is 0 Å². The second kappa shape index (κ2) is 10.4. The maximum Gasteiger partial charge on any atom is 0.134 e. The van der Waals surface area contributed by atoms with Crippen LogP contribution in [-0.4, -0.2) is 61.1 Å². The molecule has 0 saturated heterocycles. The number of ether oxygens (including phenoxy) is 6. The number of benzene rings is 4. The molecule has 0 aromatic heterocycles. The van der Waals surface area contributed by atoms with E-state index >= 15 is 0 Å². The molecule has 222 valence electrons. The summed E-state index contributed by atoms with van der Waals surface area (Å²) in [6.45, 7) is 3.58. The van der Waals surface area contributed by atoms with E-state index < -0.39 is 24.4 Å². The first-order valence-electron chi connectivity index (χ1n) is 13.6. The lowest BCUT2D eigenvalue weighted by molar-refractivity contribution is -0.0537. The van der Waals surface area contributed by atoms with Crippen molar-refractivity contribution in [2.75, 3.05) is 28.4 Å². The summed E-state index contributed by atoms with van der Waals surface area (Å²) in [7, 11) is 6.05. The fourth-order valence-corrected chi connectivity index (χ4v) is 6.33. The highest BCUT2D eigenvalue weighted by Gasteiger charge is 2.39. The molecule has 4 aromatic rings. The molecule has 2 aliphatic rings. The molecule has 0 aliphatic carbocycles. The van der Waals surface area contributed by atoms with E-state index in [1.807, 2.05) is 0 Å². The molecule has 42 heavy (non-hydrogen) atoms. The maximum atomic E-state index is 11.7. The van der Waals surface area contributed by atoms with Crippen LogP contribution in [0.25, 0.3) is 32.7 Å². The van der Waals surface area contributed by atoms with E-state index in [1.54, 1.807) is 38.1 Å². The Kier molecular flexibility index (Phi) is 6.97. The Morgan fingerprint density at radius 3 is 1.33 bits per heavy atom. The lowest BCUT2D eigenvalue weighted by Crippen LogP contribution is -2.28. The summed E-state index contributed by atoms with van der Waals surface area (Å²) in [5, 5.41) is 48.4. The van der Waals surface area contributed by atoms with Crippen molar-refractivity contribution in [3.8, 4) is 45.6 Å². The molecule has 0 unspecified atom stereocenters. The smallest absolute Gasteiger partial charge is 0.134 e. The van der Waals surface area contributed by atoms with Crippen molar-refractivity contribution in [1.29, 1.82) is 0 Å². The number of aliphatic hydroxyl groups is 2. The number of hydrogen-bond donors (Lipinski definition) is 4. The number of aromatic hydroxyl groups is 2. The first-order valence-corrected chi connectivity index (χ1v) is 13.6. The summed E-state index contributed by atoms with van der Waals surface area (Å²) in [6, 6.07) is 6.86. The van der Waals surface area contributed by atoms with E-state index in [0.29, 0.717) is 77.9 Å². The minimum atomic E-state index is -1.14. The zero-order valence-electron chi connectivity index (χ0n) is 24.3. The third kappa shape index (κ3) is 3.94. The van der Waals surface area contributed by atoms with Crippen molar-refractivity contribution in [1.82, 2.24) is 0 Å². The van der Waals surface area contributed by atoms with Crippen LogP contribution in [0.15, 0.2) is 24.3 Å². The minimum Gasteiger partial charge on any atom is -0.507 e. The third-order valence-electron chi connectivity index (χ3n) is 8.55. The summed E-state index contributed by atoms with van der Waals surface area (Å²) in [5.41, 5.74) is 2.73. The van der Waals surface area contributed by atoms with Crippen LogP contribution in [0.5, 0.6) is 34.5 Å². The zero-order chi connectivity index (χ0) is 30.0. The van der Waals surface area contributed by atoms with Crippen molar-refractivity contribution in [3.05, 3.63) is 46.5 Å². The van der Waals surface area contributed by atoms with Crippen molar-refractivity contribution in [2.45, 2.75) is 51.5 Å². The van der Waals surface area contributed by atoms with Gasteiger partial charge in [0.2, 0.25) is 0 Å². The quantitative estimate of drug-likeness (QED) is 0.256. The molecule has 10 heteroatoms. The highest BCUT2D eigenvalue weighted by molar-refractivity contribution is 6.15. The molecule has 0 amide bonds. The third-order valence-corrected chi connectivity index (χ3v) is 8.55. The van der Waals surface area contributed by atoms with Crippen LogP contribution >= 0.6 is 0 Å². The molecule has 0 radical (unpaired) electrons. The van der Waals surface area contributed by atoms with Gasteiger partial charge in [-0.1, -0.05) is 0 Å². The van der Waals surface area contributed by atoms with Crippen LogP contribution < -0.4 is 18.9 Å². The molecule has 2 heterocycles. The zero-order valence-corrected chi connectivity index (χ0v) is 24.3. The predicted octanol–water partition coefficient (Wildman–Crippen LogP) is 5.01. The van der Waals surface area contributed by atoms with E-state index in [1.165, 1.54) is 28.4 Å². The number of phenols is 2. The molecular weight excluding hydrogens is 544 g/mol. The van der Waals surface area contributed by atoms with Crippen LogP contribution in [0.4, 0.5) is 0 Å². The Bertz CT molecular complexity index is 1600. The van der Waals surface area contributed by atoms with Crippen LogP contribution in [0.1, 0.15) is 48.3 Å². The Morgan fingerprint density at radius 2 is 1.00 bits per heavy atom. The van der Waals surface area contributed by atoms with Crippen LogP contribution in [0, 0.1) is 0 Å². The van der Waals surface area contributed by atoms with Gasteiger partial charge in [-0.15, -0.1) is 0 Å². The lowest BCUT2D eigenvalue weighted by atomic mass is 9.77. The standard InChI is InChI=1S/C32H34O10/c1-13-29(33)27-19(11-41-13)31(35)23-17(7-15(37-3)9-21(23)39-5)25(27)26-18-8-16(38-4)10-22(40-6)24(18)32(36)20-12-42-14(2)30(34)28(20)26/h7-10,13-14,29-30,33-36H,11-12H2,1-6H3/t13-,14-,29-,30-/m0/s1. The number of rotatable bonds is 5. The highest BCUT2D eigenvalue weighted by atomic mass is 16.5. The van der Waals surface area contributed by atoms with Gasteiger partial charge in [0.1, 0.15) is 46.7 Å². The topological polar surface area (TPSA) is 136 Å². The Balaban J connectivity index is 1.95.